The Morgan fingerprint density at radius 2 is 1.76 bits per heavy atom. The van der Waals surface area contributed by atoms with Gasteiger partial charge in [-0.2, -0.15) is 0 Å². The van der Waals surface area contributed by atoms with Crippen LogP contribution >= 0.6 is 0 Å². The summed E-state index contributed by atoms with van der Waals surface area (Å²) in [6.45, 7) is 7.59. The summed E-state index contributed by atoms with van der Waals surface area (Å²) in [6, 6.07) is 8.77. The van der Waals surface area contributed by atoms with Gasteiger partial charge < -0.3 is 24.8 Å². The molecular formula is C21H30N2O6. The van der Waals surface area contributed by atoms with E-state index in [0.717, 1.165) is 5.56 Å². The van der Waals surface area contributed by atoms with E-state index in [0.29, 0.717) is 6.42 Å². The van der Waals surface area contributed by atoms with Gasteiger partial charge in [0.2, 0.25) is 0 Å². The minimum Gasteiger partial charge on any atom is -0.463 e. The van der Waals surface area contributed by atoms with Gasteiger partial charge in [-0.15, -0.1) is 0 Å². The summed E-state index contributed by atoms with van der Waals surface area (Å²) in [4.78, 5) is 35.3. The number of hydrogen-bond acceptors (Lipinski definition) is 6. The molecule has 0 aliphatic heterocycles. The summed E-state index contributed by atoms with van der Waals surface area (Å²) in [7, 11) is 0. The Morgan fingerprint density at radius 1 is 1.07 bits per heavy atom. The van der Waals surface area contributed by atoms with E-state index in [1.165, 1.54) is 12.2 Å². The summed E-state index contributed by atoms with van der Waals surface area (Å²) in [5, 5.41) is 5.27. The van der Waals surface area contributed by atoms with Gasteiger partial charge in [0.05, 0.1) is 12.6 Å². The van der Waals surface area contributed by atoms with Crippen LogP contribution in [0.2, 0.25) is 0 Å². The van der Waals surface area contributed by atoms with Gasteiger partial charge in [0.15, 0.2) is 0 Å². The van der Waals surface area contributed by atoms with Crippen molar-refractivity contribution in [3.05, 3.63) is 48.0 Å². The third-order valence-corrected chi connectivity index (χ3v) is 3.39. The van der Waals surface area contributed by atoms with Crippen LogP contribution in [0.5, 0.6) is 0 Å². The lowest BCUT2D eigenvalue weighted by atomic mass is 10.2. The number of ether oxygens (including phenoxy) is 3. The van der Waals surface area contributed by atoms with E-state index in [1.54, 1.807) is 27.7 Å². The number of amides is 2. The van der Waals surface area contributed by atoms with Crippen LogP contribution in [0.15, 0.2) is 42.5 Å². The maximum absolute atomic E-state index is 12.0. The zero-order valence-electron chi connectivity index (χ0n) is 17.4. The van der Waals surface area contributed by atoms with Gasteiger partial charge in [-0.1, -0.05) is 36.4 Å². The fourth-order valence-electron chi connectivity index (χ4n) is 2.16. The predicted octanol–water partition coefficient (Wildman–Crippen LogP) is 3.32. The summed E-state index contributed by atoms with van der Waals surface area (Å²) < 4.78 is 15.2. The quantitative estimate of drug-likeness (QED) is 0.370. The molecule has 0 saturated heterocycles. The topological polar surface area (TPSA) is 103 Å². The molecule has 0 aliphatic rings. The van der Waals surface area contributed by atoms with E-state index >= 15 is 0 Å². The monoisotopic (exact) mass is 406 g/mol. The average Bonchev–Trinajstić information content (AvgIpc) is 2.64. The predicted molar refractivity (Wildman–Crippen MR) is 108 cm³/mol. The first-order valence-corrected chi connectivity index (χ1v) is 9.48. The molecule has 0 fully saturated rings. The van der Waals surface area contributed by atoms with Crippen molar-refractivity contribution in [3.63, 3.8) is 0 Å². The fraction of sp³-hybridized carbons (Fsp3) is 0.476. The van der Waals surface area contributed by atoms with Crippen LogP contribution in [-0.2, 0) is 25.6 Å². The molecule has 0 aliphatic carbocycles. The number of hydrogen-bond donors (Lipinski definition) is 2. The van der Waals surface area contributed by atoms with E-state index in [9.17, 15) is 14.4 Å². The Kier molecular flexibility index (Phi) is 10.3. The smallest absolute Gasteiger partial charge is 0.408 e. The summed E-state index contributed by atoms with van der Waals surface area (Å²) in [5.74, 6) is -0.515. The highest BCUT2D eigenvalue weighted by molar-refractivity contribution is 5.82. The van der Waals surface area contributed by atoms with Crippen molar-refractivity contribution < 1.29 is 28.6 Å². The first-order valence-electron chi connectivity index (χ1n) is 9.48. The Balaban J connectivity index is 2.51. The maximum Gasteiger partial charge on any atom is 0.408 e. The zero-order chi connectivity index (χ0) is 21.7. The second kappa shape index (κ2) is 12.4. The highest BCUT2D eigenvalue weighted by Gasteiger charge is 2.18. The van der Waals surface area contributed by atoms with Crippen molar-refractivity contribution in [2.75, 3.05) is 13.2 Å². The molecule has 8 heteroatoms. The van der Waals surface area contributed by atoms with Gasteiger partial charge in [0.25, 0.3) is 0 Å². The number of nitrogens with one attached hydrogen (secondary N) is 2. The molecule has 0 aromatic heterocycles. The largest absolute Gasteiger partial charge is 0.463 e. The molecule has 160 valence electrons. The Morgan fingerprint density at radius 3 is 2.38 bits per heavy atom. The van der Waals surface area contributed by atoms with Crippen molar-refractivity contribution >= 4 is 18.2 Å². The summed E-state index contributed by atoms with van der Waals surface area (Å²) in [6.07, 6.45) is 1.87. The number of rotatable bonds is 9. The lowest BCUT2D eigenvalue weighted by Crippen LogP contribution is -2.40. The average molecular weight is 406 g/mol. The van der Waals surface area contributed by atoms with Crippen molar-refractivity contribution in [1.82, 2.24) is 10.6 Å². The minimum atomic E-state index is -0.654. The highest BCUT2D eigenvalue weighted by Crippen LogP contribution is 2.07. The molecule has 2 amide bonds. The van der Waals surface area contributed by atoms with E-state index in [1.807, 2.05) is 30.3 Å². The van der Waals surface area contributed by atoms with Crippen LogP contribution in [0, 0.1) is 0 Å². The number of benzene rings is 1. The molecule has 8 nitrogen and oxygen atoms in total. The lowest BCUT2D eigenvalue weighted by Gasteiger charge is -2.22. The Bertz CT molecular complexity index is 682. The first-order chi connectivity index (χ1) is 13.7. The van der Waals surface area contributed by atoms with E-state index in [2.05, 4.69) is 10.6 Å². The molecule has 29 heavy (non-hydrogen) atoms. The standard InChI is InChI=1S/C21H30N2O6/c1-5-27-18(24)12-11-17(23-20(26)29-21(2,3)4)13-14-22-19(25)28-15-16-9-7-6-8-10-16/h6-12,17H,5,13-15H2,1-4H3,(H,22,25)(H,23,26)/b12-11+/t17-/m0/s1. The molecular weight excluding hydrogens is 376 g/mol. The van der Waals surface area contributed by atoms with Crippen molar-refractivity contribution in [3.8, 4) is 0 Å². The van der Waals surface area contributed by atoms with Crippen LogP contribution in [0.1, 0.15) is 39.7 Å². The number of carbonyl (C=O) groups is 3. The molecule has 0 heterocycles. The van der Waals surface area contributed by atoms with Crippen molar-refractivity contribution in [2.45, 2.75) is 52.4 Å². The first kappa shape index (κ1) is 24.0. The van der Waals surface area contributed by atoms with Crippen LogP contribution in [-0.4, -0.2) is 43.0 Å². The molecule has 0 radical (unpaired) electrons. The molecule has 0 saturated carbocycles. The van der Waals surface area contributed by atoms with Crippen LogP contribution in [0.3, 0.4) is 0 Å². The van der Waals surface area contributed by atoms with Gasteiger partial charge in [-0.25, -0.2) is 14.4 Å². The van der Waals surface area contributed by atoms with Gasteiger partial charge in [0.1, 0.15) is 12.2 Å². The molecule has 2 N–H and O–H groups in total. The Labute approximate surface area is 171 Å². The van der Waals surface area contributed by atoms with Crippen molar-refractivity contribution in [1.29, 1.82) is 0 Å². The molecule has 0 bridgehead atoms. The van der Waals surface area contributed by atoms with Gasteiger partial charge in [-0.3, -0.25) is 0 Å². The Hall–Kier alpha value is -3.03. The minimum absolute atomic E-state index is 0.162. The zero-order valence-corrected chi connectivity index (χ0v) is 17.4. The van der Waals surface area contributed by atoms with Gasteiger partial charge in [-0.05, 0) is 39.7 Å². The second-order valence-corrected chi connectivity index (χ2v) is 7.14. The van der Waals surface area contributed by atoms with E-state index in [4.69, 9.17) is 14.2 Å². The van der Waals surface area contributed by atoms with Crippen LogP contribution in [0.4, 0.5) is 9.59 Å². The van der Waals surface area contributed by atoms with E-state index in [-0.39, 0.29) is 19.8 Å². The SMILES string of the molecule is CCOC(=O)/C=C/[C@@H](CCNC(=O)OCc1ccccc1)NC(=O)OC(C)(C)C. The molecule has 1 aromatic rings. The number of carbonyl (C=O) groups excluding carboxylic acids is 3. The fourth-order valence-corrected chi connectivity index (χ4v) is 2.16. The summed E-state index contributed by atoms with van der Waals surface area (Å²) >= 11 is 0. The van der Waals surface area contributed by atoms with Gasteiger partial charge in [0, 0.05) is 12.6 Å². The molecule has 1 rings (SSSR count). The van der Waals surface area contributed by atoms with Crippen LogP contribution < -0.4 is 10.6 Å². The number of alkyl carbamates (subject to hydrolysis) is 2. The van der Waals surface area contributed by atoms with Gasteiger partial charge >= 0.3 is 18.2 Å². The van der Waals surface area contributed by atoms with Crippen LogP contribution in [0.25, 0.3) is 0 Å². The second-order valence-electron chi connectivity index (χ2n) is 7.14. The third kappa shape index (κ3) is 12.1. The summed E-state index contributed by atoms with van der Waals surface area (Å²) in [5.41, 5.74) is 0.225. The third-order valence-electron chi connectivity index (χ3n) is 3.39. The molecule has 1 aromatic carbocycles. The van der Waals surface area contributed by atoms with Crippen molar-refractivity contribution in [2.24, 2.45) is 0 Å². The normalized spacial score (nSPS) is 12.1. The maximum atomic E-state index is 12.0. The molecule has 1 atom stereocenters. The lowest BCUT2D eigenvalue weighted by molar-refractivity contribution is -0.137. The highest BCUT2D eigenvalue weighted by atomic mass is 16.6. The molecule has 0 unspecified atom stereocenters. The van der Waals surface area contributed by atoms with E-state index < -0.39 is 29.8 Å². The molecule has 0 spiro atoms. The number of esters is 1.